The molecule has 3 aromatic carbocycles. The lowest BCUT2D eigenvalue weighted by molar-refractivity contribution is -0.140. The minimum Gasteiger partial charge on any atom is -0.392 e. The van der Waals surface area contributed by atoms with Gasteiger partial charge in [0.05, 0.1) is 17.7 Å². The molecule has 0 unspecified atom stereocenters. The quantitative estimate of drug-likeness (QED) is 0.308. The number of hydrogen-bond donors (Lipinski definition) is 2. The molecule has 0 aliphatic rings. The van der Waals surface area contributed by atoms with Gasteiger partial charge in [-0.15, -0.1) is 0 Å². The summed E-state index contributed by atoms with van der Waals surface area (Å²) in [5.74, 6) is -2.02. The van der Waals surface area contributed by atoms with Gasteiger partial charge in [-0.1, -0.05) is 66.7 Å². The van der Waals surface area contributed by atoms with Crippen LogP contribution in [0.5, 0.6) is 0 Å². The molecule has 0 aliphatic heterocycles. The Balaban J connectivity index is 1.64. The van der Waals surface area contributed by atoms with Gasteiger partial charge in [-0.05, 0) is 36.6 Å². The lowest BCUT2D eigenvalue weighted by Gasteiger charge is -2.27. The normalized spacial score (nSPS) is 13.7. The number of ketones is 1. The first kappa shape index (κ1) is 24.6. The Morgan fingerprint density at radius 3 is 1.97 bits per heavy atom. The van der Waals surface area contributed by atoms with Crippen molar-refractivity contribution >= 4 is 5.78 Å². The van der Waals surface area contributed by atoms with Crippen molar-refractivity contribution in [1.29, 1.82) is 0 Å². The number of rotatable bonds is 9. The maximum Gasteiger partial charge on any atom is 0.419 e. The van der Waals surface area contributed by atoms with Crippen molar-refractivity contribution in [2.75, 3.05) is 0 Å². The predicted octanol–water partition coefficient (Wildman–Crippen LogP) is 5.94. The summed E-state index contributed by atoms with van der Waals surface area (Å²) < 4.78 is 51.9. The van der Waals surface area contributed by atoms with Gasteiger partial charge in [-0.3, -0.25) is 4.79 Å². The molecule has 3 nitrogen and oxygen atoms in total. The molecule has 0 bridgehead atoms. The van der Waals surface area contributed by atoms with Crippen molar-refractivity contribution in [2.45, 2.75) is 44.1 Å². The second kappa shape index (κ2) is 10.7. The van der Waals surface area contributed by atoms with Gasteiger partial charge in [0.25, 0.3) is 0 Å². The molecule has 0 heterocycles. The van der Waals surface area contributed by atoms with E-state index in [0.29, 0.717) is 12.1 Å². The molecule has 0 saturated carbocycles. The van der Waals surface area contributed by atoms with E-state index in [1.807, 2.05) is 60.7 Å². The molecule has 174 valence electrons. The Morgan fingerprint density at radius 1 is 0.939 bits per heavy atom. The van der Waals surface area contributed by atoms with E-state index in [4.69, 9.17) is 0 Å². The summed E-state index contributed by atoms with van der Waals surface area (Å²) in [4.78, 5) is 12.4. The van der Waals surface area contributed by atoms with Crippen LogP contribution in [0.2, 0.25) is 0 Å². The number of alkyl halides is 3. The average molecular weight is 459 g/mol. The Labute approximate surface area is 190 Å². The van der Waals surface area contributed by atoms with Crippen molar-refractivity contribution in [2.24, 2.45) is 0 Å². The Morgan fingerprint density at radius 2 is 1.48 bits per heavy atom. The van der Waals surface area contributed by atoms with Crippen LogP contribution in [-0.4, -0.2) is 23.0 Å². The van der Waals surface area contributed by atoms with Crippen LogP contribution in [0.15, 0.2) is 78.9 Å². The molecule has 3 rings (SSSR count). The van der Waals surface area contributed by atoms with Gasteiger partial charge in [0.1, 0.15) is 5.82 Å². The van der Waals surface area contributed by atoms with Crippen LogP contribution in [-0.2, 0) is 6.18 Å². The first-order chi connectivity index (χ1) is 15.7. The van der Waals surface area contributed by atoms with Gasteiger partial charge in [0.15, 0.2) is 5.78 Å². The maximum absolute atomic E-state index is 13.8. The Kier molecular flexibility index (Phi) is 8.00. The second-order valence-electron chi connectivity index (χ2n) is 7.93. The van der Waals surface area contributed by atoms with Crippen LogP contribution in [0.3, 0.4) is 0 Å². The van der Waals surface area contributed by atoms with Crippen LogP contribution < -0.4 is 5.32 Å². The molecule has 3 aromatic rings. The first-order valence-corrected chi connectivity index (χ1v) is 10.6. The minimum atomic E-state index is -4.82. The highest BCUT2D eigenvalue weighted by Gasteiger charge is 2.34. The van der Waals surface area contributed by atoms with Crippen LogP contribution in [0, 0.1) is 5.82 Å². The van der Waals surface area contributed by atoms with Gasteiger partial charge in [-0.25, -0.2) is 4.39 Å². The zero-order valence-corrected chi connectivity index (χ0v) is 18.0. The number of aliphatic hydroxyl groups is 1. The van der Waals surface area contributed by atoms with Crippen molar-refractivity contribution in [3.8, 4) is 0 Å². The van der Waals surface area contributed by atoms with E-state index in [0.717, 1.165) is 17.2 Å². The van der Waals surface area contributed by atoms with Gasteiger partial charge in [0.2, 0.25) is 0 Å². The summed E-state index contributed by atoms with van der Waals surface area (Å²) in [7, 11) is 0. The molecule has 33 heavy (non-hydrogen) atoms. The summed E-state index contributed by atoms with van der Waals surface area (Å²) >= 11 is 0. The Hall–Kier alpha value is -3.03. The molecule has 0 radical (unpaired) electrons. The fourth-order valence-electron chi connectivity index (χ4n) is 3.64. The minimum absolute atomic E-state index is 0.0753. The molecular formula is C26H25F4NO2. The van der Waals surface area contributed by atoms with Gasteiger partial charge < -0.3 is 10.4 Å². The van der Waals surface area contributed by atoms with Gasteiger partial charge in [-0.2, -0.15) is 13.2 Å². The van der Waals surface area contributed by atoms with Crippen LogP contribution in [0.1, 0.15) is 52.9 Å². The summed E-state index contributed by atoms with van der Waals surface area (Å²) in [6.07, 6.45) is -5.77. The lowest BCUT2D eigenvalue weighted by Crippen LogP contribution is -2.40. The number of hydrogen-bond acceptors (Lipinski definition) is 3. The van der Waals surface area contributed by atoms with Crippen LogP contribution >= 0.6 is 0 Å². The molecule has 0 spiro atoms. The zero-order valence-electron chi connectivity index (χ0n) is 18.0. The average Bonchev–Trinajstić information content (AvgIpc) is 2.80. The summed E-state index contributed by atoms with van der Waals surface area (Å²) in [6.45, 7) is 1.80. The number of carbonyl (C=O) groups excluding carboxylic acids is 1. The van der Waals surface area contributed by atoms with Crippen molar-refractivity contribution < 1.29 is 27.5 Å². The zero-order chi connectivity index (χ0) is 24.0. The third-order valence-electron chi connectivity index (χ3n) is 5.54. The number of benzene rings is 3. The monoisotopic (exact) mass is 459 g/mol. The van der Waals surface area contributed by atoms with E-state index in [-0.39, 0.29) is 24.4 Å². The maximum atomic E-state index is 13.8. The highest BCUT2D eigenvalue weighted by molar-refractivity contribution is 5.96. The lowest BCUT2D eigenvalue weighted by atomic mass is 9.96. The number of carbonyl (C=O) groups is 1. The third-order valence-corrected chi connectivity index (χ3v) is 5.54. The standard InChI is InChI=1S/C26H25F4NO2/c1-17(31-25(18-8-4-2-5-9-18)19-10-6-3-7-11-19)23(32)14-15-24(33)20-12-13-21(22(27)16-20)26(28,29)30/h2-13,16-17,23,25,31-32H,14-15H2,1H3/t17-,23-/m0/s1. The smallest absolute Gasteiger partial charge is 0.392 e. The molecular weight excluding hydrogens is 434 g/mol. The summed E-state index contributed by atoms with van der Waals surface area (Å²) in [5, 5.41) is 14.0. The highest BCUT2D eigenvalue weighted by atomic mass is 19.4. The largest absolute Gasteiger partial charge is 0.419 e. The Bertz CT molecular complexity index is 1020. The highest BCUT2D eigenvalue weighted by Crippen LogP contribution is 2.32. The third kappa shape index (κ3) is 6.49. The topological polar surface area (TPSA) is 49.3 Å². The first-order valence-electron chi connectivity index (χ1n) is 10.6. The number of Topliss-reactive ketones (excluding diaryl/α,β-unsaturated/α-hetero) is 1. The molecule has 7 heteroatoms. The SMILES string of the molecule is C[C@H](NC(c1ccccc1)c1ccccc1)[C@@H](O)CCC(=O)c1ccc(C(F)(F)F)c(F)c1. The van der Waals surface area contributed by atoms with Crippen molar-refractivity contribution in [3.05, 3.63) is 107 Å². The van der Waals surface area contributed by atoms with E-state index < -0.39 is 35.5 Å². The van der Waals surface area contributed by atoms with Gasteiger partial charge in [0, 0.05) is 18.0 Å². The molecule has 0 amide bonds. The number of nitrogens with one attached hydrogen (secondary N) is 1. The number of aliphatic hydroxyl groups excluding tert-OH is 1. The van der Waals surface area contributed by atoms with E-state index in [1.165, 1.54) is 0 Å². The van der Waals surface area contributed by atoms with E-state index in [1.54, 1.807) is 6.92 Å². The van der Waals surface area contributed by atoms with Crippen LogP contribution in [0.25, 0.3) is 0 Å². The van der Waals surface area contributed by atoms with E-state index >= 15 is 0 Å². The fourth-order valence-corrected chi connectivity index (χ4v) is 3.64. The molecule has 0 fully saturated rings. The number of halogens is 4. The molecule has 0 aliphatic carbocycles. The summed E-state index contributed by atoms with van der Waals surface area (Å²) in [5.41, 5.74) is 0.461. The molecule has 2 N–H and O–H groups in total. The van der Waals surface area contributed by atoms with E-state index in [2.05, 4.69) is 5.32 Å². The van der Waals surface area contributed by atoms with E-state index in [9.17, 15) is 27.5 Å². The van der Waals surface area contributed by atoms with Crippen molar-refractivity contribution in [1.82, 2.24) is 5.32 Å². The summed E-state index contributed by atoms with van der Waals surface area (Å²) in [6, 6.07) is 21.0. The second-order valence-corrected chi connectivity index (χ2v) is 7.93. The molecule has 0 saturated heterocycles. The fraction of sp³-hybridized carbons (Fsp3) is 0.269. The van der Waals surface area contributed by atoms with Gasteiger partial charge >= 0.3 is 6.18 Å². The molecule has 0 aromatic heterocycles. The van der Waals surface area contributed by atoms with Crippen LogP contribution in [0.4, 0.5) is 17.6 Å². The van der Waals surface area contributed by atoms with Crippen molar-refractivity contribution in [3.63, 3.8) is 0 Å². The molecule has 2 atom stereocenters. The predicted molar refractivity (Wildman–Crippen MR) is 118 cm³/mol.